The van der Waals surface area contributed by atoms with Crippen molar-refractivity contribution in [3.05, 3.63) is 24.6 Å². The minimum atomic E-state index is -0.336. The van der Waals surface area contributed by atoms with Gasteiger partial charge < -0.3 is 10.4 Å². The van der Waals surface area contributed by atoms with Gasteiger partial charge in [-0.3, -0.25) is 4.48 Å². The summed E-state index contributed by atoms with van der Waals surface area (Å²) in [5.41, 5.74) is 0. The summed E-state index contributed by atoms with van der Waals surface area (Å²) in [6.45, 7) is 7.18. The Kier molecular flexibility index (Phi) is 8.70. The number of unbranched alkanes of at least 4 members (excludes halogenated alkanes) is 5. The van der Waals surface area contributed by atoms with Gasteiger partial charge in [-0.1, -0.05) is 38.3 Å². The maximum atomic E-state index is 10.1. The third kappa shape index (κ3) is 5.48. The van der Waals surface area contributed by atoms with E-state index in [0.29, 0.717) is 10.6 Å². The Hall–Kier alpha value is -0.800. The molecule has 3 heteroatoms. The Labute approximate surface area is 131 Å². The summed E-state index contributed by atoms with van der Waals surface area (Å²) in [6.07, 6.45) is 18.8. The first-order valence-corrected chi connectivity index (χ1v) is 8.81. The lowest BCUT2D eigenvalue weighted by Crippen LogP contribution is -2.57. The molecule has 0 spiro atoms. The molecule has 1 aliphatic rings. The van der Waals surface area contributed by atoms with Gasteiger partial charge in [0.15, 0.2) is 12.4 Å². The summed E-state index contributed by atoms with van der Waals surface area (Å²) in [5.74, 6) is 0. The van der Waals surface area contributed by atoms with E-state index in [9.17, 15) is 5.11 Å². The normalized spacial score (nSPS) is 26.4. The van der Waals surface area contributed by atoms with E-state index in [-0.39, 0.29) is 6.23 Å². The van der Waals surface area contributed by atoms with Gasteiger partial charge in [0.1, 0.15) is 6.20 Å². The molecule has 2 N–H and O–H groups in total. The highest BCUT2D eigenvalue weighted by atomic mass is 16.3. The van der Waals surface area contributed by atoms with Crippen molar-refractivity contribution in [1.29, 1.82) is 0 Å². The van der Waals surface area contributed by atoms with E-state index < -0.39 is 0 Å². The predicted molar refractivity (Wildman–Crippen MR) is 90.3 cm³/mol. The fraction of sp³-hybridized carbons (Fsp3) is 0.778. The van der Waals surface area contributed by atoms with Gasteiger partial charge in [-0.2, -0.15) is 0 Å². The molecule has 3 nitrogen and oxygen atoms in total. The van der Waals surface area contributed by atoms with Gasteiger partial charge in [-0.05, 0) is 32.6 Å². The van der Waals surface area contributed by atoms with Gasteiger partial charge in [0.05, 0.1) is 12.7 Å². The monoisotopic (exact) mass is 295 g/mol. The lowest BCUT2D eigenvalue weighted by atomic mass is 10.1. The third-order valence-corrected chi connectivity index (χ3v) is 4.72. The van der Waals surface area contributed by atoms with Crippen molar-refractivity contribution in [3.63, 3.8) is 0 Å². The maximum absolute atomic E-state index is 10.1. The molecule has 0 saturated heterocycles. The van der Waals surface area contributed by atoms with Gasteiger partial charge in [-0.25, -0.2) is 0 Å². The van der Waals surface area contributed by atoms with Crippen LogP contribution in [0, 0.1) is 0 Å². The molecule has 1 aliphatic heterocycles. The number of nitrogens with zero attached hydrogens (tertiary/aromatic N) is 1. The van der Waals surface area contributed by atoms with Crippen LogP contribution in [0.1, 0.15) is 72.1 Å². The molecule has 21 heavy (non-hydrogen) atoms. The Bertz CT molecular complexity index is 325. The quantitative estimate of drug-likeness (QED) is 0.339. The van der Waals surface area contributed by atoms with Crippen LogP contribution in [0.4, 0.5) is 0 Å². The smallest absolute Gasteiger partial charge is 0.193 e. The molecule has 122 valence electrons. The molecule has 0 bridgehead atoms. The summed E-state index contributed by atoms with van der Waals surface area (Å²) in [5, 5.41) is 13.5. The highest BCUT2D eigenvalue weighted by molar-refractivity contribution is 4.84. The zero-order valence-electron chi connectivity index (χ0n) is 14.2. The molecule has 1 rings (SSSR count). The van der Waals surface area contributed by atoms with Crippen molar-refractivity contribution in [2.75, 3.05) is 6.54 Å². The fourth-order valence-electron chi connectivity index (χ4n) is 3.25. The molecule has 0 aromatic heterocycles. The lowest BCUT2D eigenvalue weighted by molar-refractivity contribution is -0.942. The number of aliphatic hydroxyl groups excluding tert-OH is 1. The molecule has 3 atom stereocenters. The number of quaternary nitrogens is 1. The molecular formula is C18H35N2O+. The van der Waals surface area contributed by atoms with Crippen molar-refractivity contribution in [2.24, 2.45) is 0 Å². The van der Waals surface area contributed by atoms with Gasteiger partial charge in [0.2, 0.25) is 0 Å². The second kappa shape index (κ2) is 10.0. The molecule has 0 radical (unpaired) electrons. The number of hydrogen-bond donors (Lipinski definition) is 2. The van der Waals surface area contributed by atoms with E-state index in [1.165, 1.54) is 38.5 Å². The maximum Gasteiger partial charge on any atom is 0.193 e. The van der Waals surface area contributed by atoms with Crippen LogP contribution in [0.2, 0.25) is 0 Å². The Balaban J connectivity index is 2.14. The van der Waals surface area contributed by atoms with Crippen LogP contribution in [0.5, 0.6) is 0 Å². The standard InChI is InChI=1S/C18H35N2O/c1-4-6-7-8-9-10-11-12-13-14-18-19-15-16-20(18,5-2)17(3)21/h6-7,15-19,21H,4-5,8-14H2,1-3H3/q+1/b7-6+. The van der Waals surface area contributed by atoms with Crippen LogP contribution >= 0.6 is 0 Å². The molecule has 0 aromatic carbocycles. The highest BCUT2D eigenvalue weighted by Crippen LogP contribution is 2.25. The summed E-state index contributed by atoms with van der Waals surface area (Å²) in [7, 11) is 0. The summed E-state index contributed by atoms with van der Waals surface area (Å²) < 4.78 is 0.668. The topological polar surface area (TPSA) is 32.3 Å². The predicted octanol–water partition coefficient (Wildman–Crippen LogP) is 4.26. The Morgan fingerprint density at radius 3 is 2.52 bits per heavy atom. The number of hydrogen-bond acceptors (Lipinski definition) is 2. The fourth-order valence-corrected chi connectivity index (χ4v) is 3.25. The summed E-state index contributed by atoms with van der Waals surface area (Å²) in [4.78, 5) is 0. The number of allylic oxidation sites excluding steroid dienone is 2. The first-order valence-electron chi connectivity index (χ1n) is 8.81. The average molecular weight is 295 g/mol. The van der Waals surface area contributed by atoms with Crippen LogP contribution in [0.15, 0.2) is 24.6 Å². The Morgan fingerprint density at radius 1 is 1.14 bits per heavy atom. The van der Waals surface area contributed by atoms with Crippen molar-refractivity contribution < 1.29 is 9.59 Å². The summed E-state index contributed by atoms with van der Waals surface area (Å²) in [6, 6.07) is 0. The van der Waals surface area contributed by atoms with Crippen LogP contribution < -0.4 is 5.32 Å². The van der Waals surface area contributed by atoms with Gasteiger partial charge in [-0.15, -0.1) is 0 Å². The van der Waals surface area contributed by atoms with Gasteiger partial charge in [0, 0.05) is 13.3 Å². The van der Waals surface area contributed by atoms with E-state index in [2.05, 4.69) is 37.5 Å². The minimum Gasteiger partial charge on any atom is -0.345 e. The molecule has 1 heterocycles. The van der Waals surface area contributed by atoms with Crippen LogP contribution in [0.25, 0.3) is 0 Å². The zero-order valence-corrected chi connectivity index (χ0v) is 14.2. The molecule has 0 fully saturated rings. The van der Waals surface area contributed by atoms with Crippen LogP contribution in [-0.2, 0) is 0 Å². The first-order chi connectivity index (χ1) is 10.2. The van der Waals surface area contributed by atoms with E-state index >= 15 is 0 Å². The zero-order chi connectivity index (χ0) is 15.6. The molecule has 0 amide bonds. The first kappa shape index (κ1) is 18.2. The second-order valence-electron chi connectivity index (χ2n) is 6.17. The largest absolute Gasteiger partial charge is 0.345 e. The van der Waals surface area contributed by atoms with Crippen molar-refractivity contribution in [1.82, 2.24) is 5.32 Å². The number of aliphatic hydroxyl groups is 1. The van der Waals surface area contributed by atoms with E-state index in [1.54, 1.807) is 0 Å². The van der Waals surface area contributed by atoms with Crippen LogP contribution in [0.3, 0.4) is 0 Å². The Morgan fingerprint density at radius 2 is 1.86 bits per heavy atom. The molecule has 3 unspecified atom stereocenters. The average Bonchev–Trinajstić information content (AvgIpc) is 2.89. The molecule has 0 saturated carbocycles. The molecule has 0 aliphatic carbocycles. The van der Waals surface area contributed by atoms with Crippen molar-refractivity contribution in [3.8, 4) is 0 Å². The van der Waals surface area contributed by atoms with E-state index in [0.717, 1.165) is 19.4 Å². The van der Waals surface area contributed by atoms with Crippen LogP contribution in [-0.4, -0.2) is 28.5 Å². The van der Waals surface area contributed by atoms with Crippen molar-refractivity contribution >= 4 is 0 Å². The SMILES string of the molecule is CC/C=C/CCCCCCCC1NC=C[N+]1(CC)C(C)O. The minimum absolute atomic E-state index is 0.336. The summed E-state index contributed by atoms with van der Waals surface area (Å²) >= 11 is 0. The number of rotatable bonds is 11. The highest BCUT2D eigenvalue weighted by Gasteiger charge is 2.40. The molecule has 0 aromatic rings. The van der Waals surface area contributed by atoms with Gasteiger partial charge in [0.25, 0.3) is 0 Å². The van der Waals surface area contributed by atoms with Crippen molar-refractivity contribution in [2.45, 2.75) is 84.5 Å². The van der Waals surface area contributed by atoms with Gasteiger partial charge >= 0.3 is 0 Å². The molecular weight excluding hydrogens is 260 g/mol. The van der Waals surface area contributed by atoms with E-state index in [4.69, 9.17) is 0 Å². The third-order valence-electron chi connectivity index (χ3n) is 4.72. The van der Waals surface area contributed by atoms with E-state index in [1.807, 2.05) is 13.1 Å². The second-order valence-corrected chi connectivity index (χ2v) is 6.17. The lowest BCUT2D eigenvalue weighted by Gasteiger charge is -2.39. The number of nitrogens with one attached hydrogen (secondary N) is 1.